The Kier molecular flexibility index (Phi) is 3.84. The molecule has 28 heavy (non-hydrogen) atoms. The summed E-state index contributed by atoms with van der Waals surface area (Å²) < 4.78 is 21.4. The molecule has 3 unspecified atom stereocenters. The number of ketones is 1. The highest BCUT2D eigenvalue weighted by molar-refractivity contribution is 5.92. The van der Waals surface area contributed by atoms with Crippen molar-refractivity contribution in [2.75, 3.05) is 0 Å². The molecule has 1 aliphatic carbocycles. The van der Waals surface area contributed by atoms with Crippen LogP contribution in [0.3, 0.4) is 0 Å². The Bertz CT molecular complexity index is 1080. The largest absolute Gasteiger partial charge is 0.489 e. The van der Waals surface area contributed by atoms with Crippen LogP contribution in [0.4, 0.5) is 4.39 Å². The zero-order valence-electron chi connectivity index (χ0n) is 16.1. The van der Waals surface area contributed by atoms with Gasteiger partial charge >= 0.3 is 0 Å². The van der Waals surface area contributed by atoms with Crippen molar-refractivity contribution in [2.45, 2.75) is 38.7 Å². The second kappa shape index (κ2) is 6.16. The van der Waals surface area contributed by atoms with Crippen LogP contribution in [0.15, 0.2) is 60.7 Å². The summed E-state index contributed by atoms with van der Waals surface area (Å²) in [5.41, 5.74) is 1.43. The van der Waals surface area contributed by atoms with Crippen LogP contribution in [-0.4, -0.2) is 11.9 Å². The van der Waals surface area contributed by atoms with Crippen molar-refractivity contribution in [3.8, 4) is 5.75 Å². The van der Waals surface area contributed by atoms with Crippen molar-refractivity contribution in [3.05, 3.63) is 77.6 Å². The number of hydrogen-bond acceptors (Lipinski definition) is 2. The number of Topliss-reactive ketones (excluding diaryl/α,β-unsaturated/α-hetero) is 1. The fraction of sp³-hybridized carbons (Fsp3) is 0.320. The van der Waals surface area contributed by atoms with Crippen LogP contribution in [-0.2, 0) is 4.79 Å². The summed E-state index contributed by atoms with van der Waals surface area (Å²) >= 11 is 0. The Morgan fingerprint density at radius 3 is 2.57 bits per heavy atom. The van der Waals surface area contributed by atoms with Gasteiger partial charge < -0.3 is 4.74 Å². The number of benzene rings is 3. The summed E-state index contributed by atoms with van der Waals surface area (Å²) in [6, 6.07) is 19.0. The van der Waals surface area contributed by atoms with E-state index in [9.17, 15) is 9.18 Å². The van der Waals surface area contributed by atoms with Gasteiger partial charge in [0.25, 0.3) is 0 Å². The summed E-state index contributed by atoms with van der Waals surface area (Å²) in [5.74, 6) is 0.00402. The van der Waals surface area contributed by atoms with Crippen molar-refractivity contribution in [2.24, 2.45) is 11.3 Å². The van der Waals surface area contributed by atoms with Crippen molar-refractivity contribution < 1.29 is 13.9 Å². The van der Waals surface area contributed by atoms with Crippen LogP contribution in [0, 0.1) is 17.2 Å². The molecule has 5 rings (SSSR count). The second-order valence-corrected chi connectivity index (χ2v) is 8.89. The van der Waals surface area contributed by atoms with Gasteiger partial charge in [0.1, 0.15) is 23.5 Å². The third kappa shape index (κ3) is 2.64. The summed E-state index contributed by atoms with van der Waals surface area (Å²) in [6.45, 7) is 4.22. The molecular weight excluding hydrogens is 351 g/mol. The Labute approximate surface area is 164 Å². The molecule has 1 fully saturated rings. The Balaban J connectivity index is 1.80. The maximum absolute atomic E-state index is 15.0. The van der Waals surface area contributed by atoms with Crippen LogP contribution < -0.4 is 4.74 Å². The van der Waals surface area contributed by atoms with E-state index in [0.29, 0.717) is 12.0 Å². The molecular formula is C25H23FO2. The van der Waals surface area contributed by atoms with E-state index >= 15 is 0 Å². The number of halogens is 1. The summed E-state index contributed by atoms with van der Waals surface area (Å²) in [7, 11) is 0. The van der Waals surface area contributed by atoms with Gasteiger partial charge in [-0.05, 0) is 40.3 Å². The normalized spacial score (nSPS) is 25.7. The molecule has 0 N–H and O–H groups in total. The molecule has 0 radical (unpaired) electrons. The lowest BCUT2D eigenvalue weighted by molar-refractivity contribution is -0.135. The highest BCUT2D eigenvalue weighted by Crippen LogP contribution is 2.53. The van der Waals surface area contributed by atoms with E-state index in [2.05, 4.69) is 13.8 Å². The summed E-state index contributed by atoms with van der Waals surface area (Å²) in [4.78, 5) is 13.3. The molecule has 0 spiro atoms. The minimum atomic E-state index is -0.358. The monoisotopic (exact) mass is 374 g/mol. The lowest BCUT2D eigenvalue weighted by atomic mass is 9.63. The molecule has 3 atom stereocenters. The highest BCUT2D eigenvalue weighted by Gasteiger charge is 2.50. The molecule has 1 saturated carbocycles. The Hall–Kier alpha value is -2.68. The SMILES string of the molecule is CC1(C)CC(=O)C2C(C1)Oc1ccc3ccccc3c1C2c1ccccc1F. The first-order valence-corrected chi connectivity index (χ1v) is 9.90. The van der Waals surface area contributed by atoms with Crippen LogP contribution >= 0.6 is 0 Å². The van der Waals surface area contributed by atoms with Gasteiger partial charge in [-0.1, -0.05) is 62.4 Å². The first-order chi connectivity index (χ1) is 13.4. The van der Waals surface area contributed by atoms with Crippen LogP contribution in [0.1, 0.15) is 43.7 Å². The number of hydrogen-bond donors (Lipinski definition) is 0. The highest BCUT2D eigenvalue weighted by atomic mass is 19.1. The molecule has 2 nitrogen and oxygen atoms in total. The zero-order chi connectivity index (χ0) is 19.5. The minimum Gasteiger partial charge on any atom is -0.489 e. The van der Waals surface area contributed by atoms with E-state index in [1.165, 1.54) is 6.07 Å². The van der Waals surface area contributed by atoms with Gasteiger partial charge in [-0.25, -0.2) is 4.39 Å². The number of carbonyl (C=O) groups excluding carboxylic acids is 1. The fourth-order valence-electron chi connectivity index (χ4n) is 5.17. The van der Waals surface area contributed by atoms with Gasteiger partial charge in [-0.3, -0.25) is 4.79 Å². The van der Waals surface area contributed by atoms with E-state index in [1.807, 2.05) is 48.5 Å². The van der Waals surface area contributed by atoms with Crippen LogP contribution in [0.5, 0.6) is 5.75 Å². The van der Waals surface area contributed by atoms with Crippen LogP contribution in [0.25, 0.3) is 10.8 Å². The zero-order valence-corrected chi connectivity index (χ0v) is 16.1. The third-order valence-corrected chi connectivity index (χ3v) is 6.30. The lowest BCUT2D eigenvalue weighted by Gasteiger charge is -2.46. The molecule has 3 heteroatoms. The first kappa shape index (κ1) is 17.4. The Morgan fingerprint density at radius 2 is 1.75 bits per heavy atom. The predicted octanol–water partition coefficient (Wildman–Crippen LogP) is 5.88. The van der Waals surface area contributed by atoms with E-state index in [0.717, 1.165) is 28.5 Å². The molecule has 0 aromatic heterocycles. The van der Waals surface area contributed by atoms with Crippen molar-refractivity contribution in [1.82, 2.24) is 0 Å². The van der Waals surface area contributed by atoms with Crippen molar-refractivity contribution in [1.29, 1.82) is 0 Å². The minimum absolute atomic E-state index is 0.105. The van der Waals surface area contributed by atoms with E-state index in [4.69, 9.17) is 4.74 Å². The number of ether oxygens (including phenoxy) is 1. The molecule has 3 aromatic carbocycles. The standard InChI is InChI=1S/C25H23FO2/c1-25(2)13-19(27)24-21(14-25)28-20-12-11-15-7-3-4-8-16(15)22(20)23(24)17-9-5-6-10-18(17)26/h3-12,21,23-24H,13-14H2,1-2H3. The molecule has 0 saturated heterocycles. The third-order valence-electron chi connectivity index (χ3n) is 6.30. The van der Waals surface area contributed by atoms with Gasteiger partial charge in [0.2, 0.25) is 0 Å². The molecule has 2 aliphatic rings. The van der Waals surface area contributed by atoms with Gasteiger partial charge in [0.15, 0.2) is 0 Å². The van der Waals surface area contributed by atoms with Crippen molar-refractivity contribution in [3.63, 3.8) is 0 Å². The molecule has 1 aliphatic heterocycles. The molecule has 0 amide bonds. The molecule has 142 valence electrons. The quantitative estimate of drug-likeness (QED) is 0.532. The van der Waals surface area contributed by atoms with E-state index in [1.54, 1.807) is 6.07 Å². The topological polar surface area (TPSA) is 26.3 Å². The summed E-state index contributed by atoms with van der Waals surface area (Å²) in [6.07, 6.45) is 1.07. The van der Waals surface area contributed by atoms with Gasteiger partial charge in [0.05, 0.1) is 5.92 Å². The van der Waals surface area contributed by atoms with E-state index in [-0.39, 0.29) is 35.0 Å². The number of carbonyl (C=O) groups is 1. The summed E-state index contributed by atoms with van der Waals surface area (Å²) in [5, 5.41) is 2.11. The lowest BCUT2D eigenvalue weighted by Crippen LogP contribution is -2.49. The van der Waals surface area contributed by atoms with Crippen LogP contribution in [0.2, 0.25) is 0 Å². The predicted molar refractivity (Wildman–Crippen MR) is 108 cm³/mol. The van der Waals surface area contributed by atoms with Crippen molar-refractivity contribution >= 4 is 16.6 Å². The molecule has 0 bridgehead atoms. The maximum atomic E-state index is 15.0. The molecule has 3 aromatic rings. The number of fused-ring (bicyclic) bond motifs is 4. The van der Waals surface area contributed by atoms with E-state index < -0.39 is 0 Å². The second-order valence-electron chi connectivity index (χ2n) is 8.89. The fourth-order valence-corrected chi connectivity index (χ4v) is 5.17. The molecule has 1 heterocycles. The van der Waals surface area contributed by atoms with Gasteiger partial charge in [-0.15, -0.1) is 0 Å². The first-order valence-electron chi connectivity index (χ1n) is 9.90. The van der Waals surface area contributed by atoms with Gasteiger partial charge in [-0.2, -0.15) is 0 Å². The average Bonchev–Trinajstić information content (AvgIpc) is 2.65. The maximum Gasteiger partial charge on any atom is 0.141 e. The Morgan fingerprint density at radius 1 is 1.00 bits per heavy atom. The smallest absolute Gasteiger partial charge is 0.141 e. The average molecular weight is 374 g/mol. The number of rotatable bonds is 1. The van der Waals surface area contributed by atoms with Gasteiger partial charge in [0, 0.05) is 17.9 Å².